The molecule has 0 amide bonds. The third-order valence-electron chi connectivity index (χ3n) is 3.36. The van der Waals surface area contributed by atoms with Gasteiger partial charge >= 0.3 is 0 Å². The number of nitrogens with one attached hydrogen (secondary N) is 2. The molecule has 2 aromatic carbocycles. The maximum absolute atomic E-state index is 5.66. The summed E-state index contributed by atoms with van der Waals surface area (Å²) in [5.41, 5.74) is 10.4. The van der Waals surface area contributed by atoms with E-state index in [1.165, 1.54) is 16.7 Å². The van der Waals surface area contributed by atoms with Crippen LogP contribution in [0.5, 0.6) is 0 Å². The molecule has 0 aliphatic carbocycles. The average molecular weight is 269 g/mol. The summed E-state index contributed by atoms with van der Waals surface area (Å²) in [5, 5.41) is 6.87. The minimum atomic E-state index is 0.814. The molecule has 0 saturated carbocycles. The van der Waals surface area contributed by atoms with E-state index in [2.05, 4.69) is 54.0 Å². The van der Waals surface area contributed by atoms with Crippen LogP contribution in [0.1, 0.15) is 16.7 Å². The first-order valence-electron chi connectivity index (χ1n) is 7.06. The molecule has 0 atom stereocenters. The van der Waals surface area contributed by atoms with Gasteiger partial charge in [-0.1, -0.05) is 36.4 Å². The van der Waals surface area contributed by atoms with Crippen LogP contribution in [-0.2, 0) is 13.1 Å². The number of anilines is 1. The highest BCUT2D eigenvalue weighted by Crippen LogP contribution is 2.06. The number of nitrogens with two attached hydrogens (primary N) is 1. The Hall–Kier alpha value is -1.84. The van der Waals surface area contributed by atoms with Crippen LogP contribution in [0.2, 0.25) is 0 Å². The maximum atomic E-state index is 5.66. The van der Waals surface area contributed by atoms with E-state index in [1.54, 1.807) is 0 Å². The van der Waals surface area contributed by atoms with Crippen molar-refractivity contribution in [1.29, 1.82) is 0 Å². The largest absolute Gasteiger partial charge is 0.399 e. The molecule has 0 saturated heterocycles. The Morgan fingerprint density at radius 2 is 1.50 bits per heavy atom. The Kier molecular flexibility index (Phi) is 5.59. The van der Waals surface area contributed by atoms with Crippen LogP contribution in [0, 0.1) is 6.92 Å². The van der Waals surface area contributed by atoms with Gasteiger partial charge in [0, 0.05) is 31.9 Å². The summed E-state index contributed by atoms with van der Waals surface area (Å²) in [4.78, 5) is 0. The molecule has 2 rings (SSSR count). The Morgan fingerprint density at radius 1 is 0.850 bits per heavy atom. The fraction of sp³-hybridized carbons (Fsp3) is 0.294. The highest BCUT2D eigenvalue weighted by molar-refractivity contribution is 5.39. The number of rotatable bonds is 7. The van der Waals surface area contributed by atoms with E-state index >= 15 is 0 Å². The van der Waals surface area contributed by atoms with E-state index in [9.17, 15) is 0 Å². The van der Waals surface area contributed by atoms with E-state index in [0.29, 0.717) is 0 Å². The molecule has 0 fully saturated rings. The zero-order chi connectivity index (χ0) is 14.2. The van der Waals surface area contributed by atoms with Crippen molar-refractivity contribution in [3.8, 4) is 0 Å². The predicted octanol–water partition coefficient (Wildman–Crippen LogP) is 2.46. The van der Waals surface area contributed by atoms with E-state index in [4.69, 9.17) is 5.73 Å². The van der Waals surface area contributed by atoms with Crippen LogP contribution in [0.4, 0.5) is 5.69 Å². The lowest BCUT2D eigenvalue weighted by atomic mass is 10.1. The molecule has 20 heavy (non-hydrogen) atoms. The summed E-state index contributed by atoms with van der Waals surface area (Å²) in [5.74, 6) is 0. The predicted molar refractivity (Wildman–Crippen MR) is 85.4 cm³/mol. The topological polar surface area (TPSA) is 50.1 Å². The second kappa shape index (κ2) is 7.68. The quantitative estimate of drug-likeness (QED) is 0.534. The van der Waals surface area contributed by atoms with Crippen molar-refractivity contribution in [3.05, 3.63) is 65.2 Å². The first-order chi connectivity index (χ1) is 9.75. The normalized spacial score (nSPS) is 10.7. The molecule has 0 bridgehead atoms. The van der Waals surface area contributed by atoms with Crippen LogP contribution < -0.4 is 16.4 Å². The van der Waals surface area contributed by atoms with E-state index in [1.807, 2.05) is 12.1 Å². The zero-order valence-electron chi connectivity index (χ0n) is 12.0. The van der Waals surface area contributed by atoms with Gasteiger partial charge in [0.05, 0.1) is 0 Å². The van der Waals surface area contributed by atoms with Crippen LogP contribution in [0.25, 0.3) is 0 Å². The fourth-order valence-corrected chi connectivity index (χ4v) is 2.08. The summed E-state index contributed by atoms with van der Waals surface area (Å²) >= 11 is 0. The van der Waals surface area contributed by atoms with Crippen molar-refractivity contribution in [1.82, 2.24) is 10.6 Å². The van der Waals surface area contributed by atoms with Gasteiger partial charge in [-0.2, -0.15) is 0 Å². The number of hydrogen-bond donors (Lipinski definition) is 3. The second-order valence-corrected chi connectivity index (χ2v) is 5.02. The van der Waals surface area contributed by atoms with Crippen molar-refractivity contribution < 1.29 is 0 Å². The number of nitrogen functional groups attached to an aromatic ring is 1. The molecule has 0 heterocycles. The molecular weight excluding hydrogens is 246 g/mol. The molecule has 0 aromatic heterocycles. The lowest BCUT2D eigenvalue weighted by Crippen LogP contribution is -2.26. The molecule has 0 aliphatic rings. The number of benzene rings is 2. The average Bonchev–Trinajstić information content (AvgIpc) is 2.46. The number of aryl methyl sites for hydroxylation is 1. The summed E-state index contributed by atoms with van der Waals surface area (Å²) in [6.07, 6.45) is 0. The highest BCUT2D eigenvalue weighted by atomic mass is 14.9. The lowest BCUT2D eigenvalue weighted by molar-refractivity contribution is 0.610. The third kappa shape index (κ3) is 4.68. The standard InChI is InChI=1S/C17H23N3/c1-14-4-2-3-5-16(14)13-20-11-10-19-12-15-6-8-17(18)9-7-15/h2-9,19-20H,10-13,18H2,1H3. The first kappa shape index (κ1) is 14.6. The molecule has 4 N–H and O–H groups in total. The first-order valence-corrected chi connectivity index (χ1v) is 7.06. The van der Waals surface area contributed by atoms with Crippen molar-refractivity contribution >= 4 is 5.69 Å². The fourth-order valence-electron chi connectivity index (χ4n) is 2.08. The van der Waals surface area contributed by atoms with Crippen molar-refractivity contribution in [3.63, 3.8) is 0 Å². The van der Waals surface area contributed by atoms with Gasteiger partial charge in [0.25, 0.3) is 0 Å². The van der Waals surface area contributed by atoms with E-state index < -0.39 is 0 Å². The van der Waals surface area contributed by atoms with E-state index in [0.717, 1.165) is 31.9 Å². The second-order valence-electron chi connectivity index (χ2n) is 5.02. The van der Waals surface area contributed by atoms with Crippen LogP contribution in [0.15, 0.2) is 48.5 Å². The summed E-state index contributed by atoms with van der Waals surface area (Å²) in [6, 6.07) is 16.5. The molecular formula is C17H23N3. The van der Waals surface area contributed by atoms with Gasteiger partial charge in [0.15, 0.2) is 0 Å². The smallest absolute Gasteiger partial charge is 0.0314 e. The molecule has 3 heteroatoms. The van der Waals surface area contributed by atoms with Gasteiger partial charge in [-0.15, -0.1) is 0 Å². The highest BCUT2D eigenvalue weighted by Gasteiger charge is 1.96. The van der Waals surface area contributed by atoms with Gasteiger partial charge in [-0.3, -0.25) is 0 Å². The van der Waals surface area contributed by atoms with Gasteiger partial charge in [-0.05, 0) is 35.7 Å². The van der Waals surface area contributed by atoms with Gasteiger partial charge in [0.1, 0.15) is 0 Å². The monoisotopic (exact) mass is 269 g/mol. The third-order valence-corrected chi connectivity index (χ3v) is 3.36. The van der Waals surface area contributed by atoms with Gasteiger partial charge in [-0.25, -0.2) is 0 Å². The number of hydrogen-bond acceptors (Lipinski definition) is 3. The minimum Gasteiger partial charge on any atom is -0.399 e. The Bertz CT molecular complexity index is 520. The molecule has 0 unspecified atom stereocenters. The summed E-state index contributed by atoms with van der Waals surface area (Å²) in [6.45, 7) is 5.87. The zero-order valence-corrected chi connectivity index (χ0v) is 12.0. The Morgan fingerprint density at radius 3 is 2.20 bits per heavy atom. The Balaban J connectivity index is 1.60. The van der Waals surface area contributed by atoms with Crippen molar-refractivity contribution in [2.45, 2.75) is 20.0 Å². The van der Waals surface area contributed by atoms with Crippen LogP contribution >= 0.6 is 0 Å². The summed E-state index contributed by atoms with van der Waals surface area (Å²) < 4.78 is 0. The van der Waals surface area contributed by atoms with Gasteiger partial charge in [0.2, 0.25) is 0 Å². The SMILES string of the molecule is Cc1ccccc1CNCCNCc1ccc(N)cc1. The molecule has 3 nitrogen and oxygen atoms in total. The lowest BCUT2D eigenvalue weighted by Gasteiger charge is -2.09. The van der Waals surface area contributed by atoms with Gasteiger partial charge < -0.3 is 16.4 Å². The van der Waals surface area contributed by atoms with Crippen LogP contribution in [-0.4, -0.2) is 13.1 Å². The summed E-state index contributed by atoms with van der Waals surface area (Å²) in [7, 11) is 0. The van der Waals surface area contributed by atoms with E-state index in [-0.39, 0.29) is 0 Å². The minimum absolute atomic E-state index is 0.814. The maximum Gasteiger partial charge on any atom is 0.0314 e. The van der Waals surface area contributed by atoms with Crippen molar-refractivity contribution in [2.75, 3.05) is 18.8 Å². The molecule has 0 radical (unpaired) electrons. The molecule has 0 aliphatic heterocycles. The Labute approximate surface area is 121 Å². The molecule has 2 aromatic rings. The molecule has 0 spiro atoms. The molecule has 106 valence electrons. The van der Waals surface area contributed by atoms with Crippen LogP contribution in [0.3, 0.4) is 0 Å². The van der Waals surface area contributed by atoms with Crippen molar-refractivity contribution in [2.24, 2.45) is 0 Å².